The maximum absolute atomic E-state index is 8.83. The van der Waals surface area contributed by atoms with Crippen LogP contribution in [-0.4, -0.2) is 9.55 Å². The first-order valence-electron chi connectivity index (χ1n) is 18.2. The molecule has 2 heteroatoms. The summed E-state index contributed by atoms with van der Waals surface area (Å²) in [6.07, 6.45) is 0. The second-order valence-corrected chi connectivity index (χ2v) is 9.65. The summed E-state index contributed by atoms with van der Waals surface area (Å²) in [6.45, 7) is 0. The fourth-order valence-corrected chi connectivity index (χ4v) is 5.70. The maximum Gasteiger partial charge on any atom is 0.145 e. The van der Waals surface area contributed by atoms with Crippen LogP contribution < -0.4 is 0 Å². The minimum absolute atomic E-state index is 0.0125. The Morgan fingerprint density at radius 1 is 0.488 bits per heavy atom. The summed E-state index contributed by atoms with van der Waals surface area (Å²) < 4.78 is 86.7. The van der Waals surface area contributed by atoms with Crippen molar-refractivity contribution >= 4 is 32.6 Å². The minimum Gasteiger partial charge on any atom is -0.292 e. The predicted octanol–water partition coefficient (Wildman–Crippen LogP) is 10.3. The second-order valence-electron chi connectivity index (χ2n) is 9.65. The zero-order valence-electron chi connectivity index (χ0n) is 31.6. The average molecular weight is 533 g/mol. The van der Waals surface area contributed by atoms with E-state index in [4.69, 9.17) is 18.7 Å². The molecule has 0 saturated heterocycles. The Hall–Kier alpha value is -5.47. The van der Waals surface area contributed by atoms with Gasteiger partial charge in [-0.15, -0.1) is 0 Å². The molecule has 1 aromatic heterocycles. The van der Waals surface area contributed by atoms with Crippen LogP contribution in [0, 0.1) is 0 Å². The molecular formula is C39H26N2. The lowest BCUT2D eigenvalue weighted by Crippen LogP contribution is -1.98. The number of nitrogens with zero attached hydrogens (tertiary/aromatic N) is 2. The third-order valence-electron chi connectivity index (χ3n) is 7.36. The van der Waals surface area contributed by atoms with E-state index in [0.717, 1.165) is 21.9 Å². The number of imidazole rings is 1. The summed E-state index contributed by atoms with van der Waals surface area (Å²) in [4.78, 5) is 4.79. The molecule has 7 aromatic carbocycles. The van der Waals surface area contributed by atoms with Gasteiger partial charge in [0.15, 0.2) is 0 Å². The lowest BCUT2D eigenvalue weighted by molar-refractivity contribution is 1.10. The average Bonchev–Trinajstić information content (AvgIpc) is 3.53. The molecule has 8 aromatic rings. The number of hydrogen-bond donors (Lipinski definition) is 0. The van der Waals surface area contributed by atoms with E-state index in [0.29, 0.717) is 33.1 Å². The Balaban J connectivity index is 1.45. The summed E-state index contributed by atoms with van der Waals surface area (Å²) in [6, 6.07) is 26.4. The van der Waals surface area contributed by atoms with Gasteiger partial charge in [-0.25, -0.2) is 4.98 Å². The van der Waals surface area contributed by atoms with Gasteiger partial charge >= 0.3 is 0 Å². The van der Waals surface area contributed by atoms with Gasteiger partial charge in [-0.2, -0.15) is 0 Å². The van der Waals surface area contributed by atoms with Gasteiger partial charge in [0.1, 0.15) is 5.82 Å². The van der Waals surface area contributed by atoms with Gasteiger partial charge in [0.05, 0.1) is 24.7 Å². The molecule has 0 atom stereocenters. The Morgan fingerprint density at radius 3 is 1.66 bits per heavy atom. The minimum atomic E-state index is -0.482. The lowest BCUT2D eigenvalue weighted by Gasteiger charge is -2.18. The van der Waals surface area contributed by atoms with E-state index in [9.17, 15) is 0 Å². The highest BCUT2D eigenvalue weighted by molar-refractivity contribution is 6.21. The summed E-state index contributed by atoms with van der Waals surface area (Å²) >= 11 is 0. The van der Waals surface area contributed by atoms with E-state index < -0.39 is 36.3 Å². The van der Waals surface area contributed by atoms with Crippen LogP contribution in [0.3, 0.4) is 0 Å². The molecule has 2 nitrogen and oxygen atoms in total. The highest BCUT2D eigenvalue weighted by Crippen LogP contribution is 2.44. The van der Waals surface area contributed by atoms with Crippen molar-refractivity contribution in [3.63, 3.8) is 0 Å². The molecule has 0 aliphatic carbocycles. The fraction of sp³-hybridized carbons (Fsp3) is 0. The van der Waals surface area contributed by atoms with Gasteiger partial charge in [-0.1, -0.05) is 133 Å². The Kier molecular flexibility index (Phi) is 3.60. The summed E-state index contributed by atoms with van der Waals surface area (Å²) in [5, 5.41) is 3.03. The van der Waals surface area contributed by atoms with Crippen LogP contribution in [-0.2, 0) is 0 Å². The molecule has 0 radical (unpaired) electrons. The van der Waals surface area contributed by atoms with Gasteiger partial charge in [0, 0.05) is 11.3 Å². The van der Waals surface area contributed by atoms with E-state index in [1.807, 2.05) is 97.1 Å². The van der Waals surface area contributed by atoms with Crippen LogP contribution in [0.4, 0.5) is 0 Å². The van der Waals surface area contributed by atoms with Crippen molar-refractivity contribution in [2.75, 3.05) is 0 Å². The molecule has 0 saturated carbocycles. The molecule has 0 amide bonds. The van der Waals surface area contributed by atoms with Crippen LogP contribution in [0.15, 0.2) is 157 Å². The van der Waals surface area contributed by atoms with E-state index in [1.54, 1.807) is 4.57 Å². The Bertz CT molecular complexity index is 2660. The zero-order valence-corrected chi connectivity index (χ0v) is 21.6. The smallest absolute Gasteiger partial charge is 0.145 e. The van der Waals surface area contributed by atoms with Gasteiger partial charge in [0.2, 0.25) is 0 Å². The molecule has 1 heterocycles. The Labute approximate surface area is 252 Å². The topological polar surface area (TPSA) is 17.8 Å². The highest BCUT2D eigenvalue weighted by atomic mass is 15.1. The number of rotatable bonds is 4. The molecule has 0 spiro atoms. The van der Waals surface area contributed by atoms with Crippen LogP contribution in [0.5, 0.6) is 0 Å². The quantitative estimate of drug-likeness (QED) is 0.206. The molecule has 8 rings (SSSR count). The third-order valence-corrected chi connectivity index (χ3v) is 7.36. The van der Waals surface area contributed by atoms with Crippen molar-refractivity contribution in [3.05, 3.63) is 157 Å². The third kappa shape index (κ3) is 3.84. The molecule has 0 fully saturated rings. The standard InChI is InChI=1S/C39H26N2/c1-3-14-27(15-4-1)37-31-20-7-9-22-33(31)38(34-23-10-8-21-32(34)37)29-18-13-19-30(26-29)41-36-25-12-11-24-35(36)40-39(41)28-16-5-2-6-17-28/h1-26H/i1D,2D,3D,4D,5D,6D,14D,15D,16D,17D. The fourth-order valence-electron chi connectivity index (χ4n) is 5.70. The molecule has 0 aliphatic rings. The number of hydrogen-bond acceptors (Lipinski definition) is 1. The van der Waals surface area contributed by atoms with Gasteiger partial charge in [-0.05, 0) is 68.1 Å². The van der Waals surface area contributed by atoms with E-state index in [2.05, 4.69) is 0 Å². The predicted molar refractivity (Wildman–Crippen MR) is 172 cm³/mol. The number of para-hydroxylation sites is 2. The monoisotopic (exact) mass is 532 g/mol. The molecule has 41 heavy (non-hydrogen) atoms. The molecular weight excluding hydrogens is 496 g/mol. The van der Waals surface area contributed by atoms with Crippen LogP contribution in [0.1, 0.15) is 13.7 Å². The lowest BCUT2D eigenvalue weighted by atomic mass is 9.86. The van der Waals surface area contributed by atoms with E-state index in [-0.39, 0.29) is 41.1 Å². The van der Waals surface area contributed by atoms with Gasteiger partial charge in [-0.3, -0.25) is 4.57 Å². The largest absolute Gasteiger partial charge is 0.292 e. The second kappa shape index (κ2) is 9.62. The molecule has 192 valence electrons. The first kappa shape index (κ1) is 15.4. The number of fused-ring (bicyclic) bond motifs is 3. The summed E-state index contributed by atoms with van der Waals surface area (Å²) in [5.41, 5.74) is 4.23. The first-order valence-corrected chi connectivity index (χ1v) is 13.2. The summed E-state index contributed by atoms with van der Waals surface area (Å²) in [5.74, 6) is 0.205. The van der Waals surface area contributed by atoms with Crippen molar-refractivity contribution in [2.45, 2.75) is 0 Å². The highest BCUT2D eigenvalue weighted by Gasteiger charge is 2.18. The molecule has 0 bridgehead atoms. The zero-order chi connectivity index (χ0) is 35.9. The van der Waals surface area contributed by atoms with Crippen LogP contribution >= 0.6 is 0 Å². The number of aromatic nitrogens is 2. The van der Waals surface area contributed by atoms with Crippen molar-refractivity contribution in [1.82, 2.24) is 9.55 Å². The van der Waals surface area contributed by atoms with E-state index >= 15 is 0 Å². The van der Waals surface area contributed by atoms with Crippen LogP contribution in [0.2, 0.25) is 0 Å². The van der Waals surface area contributed by atoms with Crippen molar-refractivity contribution in [2.24, 2.45) is 0 Å². The van der Waals surface area contributed by atoms with E-state index in [1.165, 1.54) is 0 Å². The van der Waals surface area contributed by atoms with Gasteiger partial charge in [0.25, 0.3) is 0 Å². The summed E-state index contributed by atoms with van der Waals surface area (Å²) in [7, 11) is 0. The normalized spacial score (nSPS) is 14.8. The first-order chi connectivity index (χ1) is 24.5. The number of benzene rings is 7. The Morgan fingerprint density at radius 2 is 1.02 bits per heavy atom. The molecule has 0 unspecified atom stereocenters. The van der Waals surface area contributed by atoms with Gasteiger partial charge < -0.3 is 0 Å². The maximum atomic E-state index is 8.83. The molecule has 0 N–H and O–H groups in total. The van der Waals surface area contributed by atoms with Crippen molar-refractivity contribution in [1.29, 1.82) is 0 Å². The van der Waals surface area contributed by atoms with Crippen LogP contribution in [0.25, 0.3) is 71.9 Å². The van der Waals surface area contributed by atoms with Crippen molar-refractivity contribution < 1.29 is 13.7 Å². The van der Waals surface area contributed by atoms with Crippen molar-refractivity contribution in [3.8, 4) is 39.3 Å². The SMILES string of the molecule is [2H]c1c([2H])c([2H])c(-c2c3ccccc3c(-c3cccc(-n4c(-c5c([2H])c([2H])c([2H])c([2H])c5[2H])nc5ccccc54)c3)c3ccccc23)c([2H])c1[2H]. The molecule has 0 aliphatic heterocycles.